The van der Waals surface area contributed by atoms with E-state index in [0.29, 0.717) is 16.5 Å². The lowest BCUT2D eigenvalue weighted by molar-refractivity contribution is 0.179. The van der Waals surface area contributed by atoms with Crippen LogP contribution in [0.1, 0.15) is 29.2 Å². The first kappa shape index (κ1) is 12.7. The van der Waals surface area contributed by atoms with E-state index >= 15 is 0 Å². The minimum atomic E-state index is 0.563. The molecule has 0 bridgehead atoms. The number of hydrazine groups is 1. The molecule has 0 radical (unpaired) electrons. The number of nitrogen functional groups attached to an aromatic ring is 1. The Bertz CT molecular complexity index is 506. The molecule has 3 N–H and O–H groups in total. The standard InChI is InChI=1S/C13H19N5S/c1-17-4-6-18(7-5-17)16-13-11(9-2-3-9)12(15)10(8-14)19-13/h9,16H,2-7,15H2,1H3. The average molecular weight is 277 g/mol. The molecule has 5 nitrogen and oxygen atoms in total. The van der Waals surface area contributed by atoms with E-state index in [0.717, 1.165) is 31.2 Å². The van der Waals surface area contributed by atoms with Crippen LogP contribution in [0.25, 0.3) is 0 Å². The normalized spacial score (nSPS) is 21.3. The Morgan fingerprint density at radius 3 is 2.58 bits per heavy atom. The van der Waals surface area contributed by atoms with Crippen LogP contribution in [-0.4, -0.2) is 43.1 Å². The van der Waals surface area contributed by atoms with Gasteiger partial charge in [-0.3, -0.25) is 0 Å². The van der Waals surface area contributed by atoms with Gasteiger partial charge in [-0.05, 0) is 25.8 Å². The summed E-state index contributed by atoms with van der Waals surface area (Å²) >= 11 is 1.50. The zero-order valence-corrected chi connectivity index (χ0v) is 12.0. The minimum absolute atomic E-state index is 0.563. The van der Waals surface area contributed by atoms with Gasteiger partial charge in [-0.15, -0.1) is 11.3 Å². The van der Waals surface area contributed by atoms with Crippen LogP contribution in [0.3, 0.4) is 0 Å². The number of thiophene rings is 1. The second-order valence-corrected chi connectivity index (χ2v) is 6.40. The highest BCUT2D eigenvalue weighted by Crippen LogP contribution is 2.50. The Kier molecular flexibility index (Phi) is 3.35. The van der Waals surface area contributed by atoms with Crippen LogP contribution in [0.4, 0.5) is 10.7 Å². The van der Waals surface area contributed by atoms with Crippen molar-refractivity contribution in [2.24, 2.45) is 0 Å². The summed E-state index contributed by atoms with van der Waals surface area (Å²) in [5, 5.41) is 12.5. The molecule has 0 spiro atoms. The van der Waals surface area contributed by atoms with Gasteiger partial charge in [-0.25, -0.2) is 5.01 Å². The van der Waals surface area contributed by atoms with E-state index in [2.05, 4.69) is 28.5 Å². The number of hydrogen-bond acceptors (Lipinski definition) is 6. The molecule has 19 heavy (non-hydrogen) atoms. The molecule has 102 valence electrons. The lowest BCUT2D eigenvalue weighted by atomic mass is 10.1. The summed E-state index contributed by atoms with van der Waals surface area (Å²) in [5.74, 6) is 0.563. The zero-order valence-electron chi connectivity index (χ0n) is 11.1. The maximum absolute atomic E-state index is 9.13. The largest absolute Gasteiger partial charge is 0.397 e. The van der Waals surface area contributed by atoms with Crippen molar-refractivity contribution in [3.8, 4) is 6.07 Å². The van der Waals surface area contributed by atoms with Crippen molar-refractivity contribution < 1.29 is 0 Å². The van der Waals surface area contributed by atoms with Gasteiger partial charge in [0.25, 0.3) is 0 Å². The van der Waals surface area contributed by atoms with Crippen LogP contribution in [0.2, 0.25) is 0 Å². The maximum Gasteiger partial charge on any atom is 0.130 e. The predicted molar refractivity (Wildman–Crippen MR) is 78.1 cm³/mol. The Morgan fingerprint density at radius 2 is 2.00 bits per heavy atom. The van der Waals surface area contributed by atoms with Crippen molar-refractivity contribution in [2.45, 2.75) is 18.8 Å². The molecule has 2 aliphatic rings. The molecule has 6 heteroatoms. The van der Waals surface area contributed by atoms with Crippen LogP contribution in [0, 0.1) is 11.3 Å². The second kappa shape index (κ2) is 5.00. The van der Waals surface area contributed by atoms with Gasteiger partial charge in [0.05, 0.1) is 5.69 Å². The Labute approximate surface area is 117 Å². The summed E-state index contributed by atoms with van der Waals surface area (Å²) in [7, 11) is 2.14. The smallest absolute Gasteiger partial charge is 0.130 e. The summed E-state index contributed by atoms with van der Waals surface area (Å²) in [6.45, 7) is 4.13. The monoisotopic (exact) mass is 277 g/mol. The first-order chi connectivity index (χ1) is 9.19. The topological polar surface area (TPSA) is 68.3 Å². The highest BCUT2D eigenvalue weighted by molar-refractivity contribution is 7.17. The molecule has 2 fully saturated rings. The van der Waals surface area contributed by atoms with Crippen LogP contribution >= 0.6 is 11.3 Å². The van der Waals surface area contributed by atoms with E-state index in [4.69, 9.17) is 11.0 Å². The minimum Gasteiger partial charge on any atom is -0.397 e. The fourth-order valence-corrected chi connectivity index (χ4v) is 3.49. The molecule has 1 aliphatic carbocycles. The predicted octanol–water partition coefficient (Wildman–Crippen LogP) is 1.65. The number of piperazine rings is 1. The lowest BCUT2D eigenvalue weighted by Gasteiger charge is -2.32. The molecular weight excluding hydrogens is 258 g/mol. The molecule has 0 atom stereocenters. The zero-order chi connectivity index (χ0) is 13.4. The fourth-order valence-electron chi connectivity index (χ4n) is 2.46. The van der Waals surface area contributed by atoms with Crippen LogP contribution < -0.4 is 11.2 Å². The first-order valence-electron chi connectivity index (χ1n) is 6.71. The number of nitrogens with zero attached hydrogens (tertiary/aromatic N) is 3. The van der Waals surface area contributed by atoms with Gasteiger partial charge in [0.2, 0.25) is 0 Å². The molecule has 1 saturated heterocycles. The summed E-state index contributed by atoms with van der Waals surface area (Å²) in [4.78, 5) is 2.97. The Balaban J connectivity index is 1.78. The van der Waals surface area contributed by atoms with E-state index < -0.39 is 0 Å². The van der Waals surface area contributed by atoms with Crippen molar-refractivity contribution in [1.82, 2.24) is 9.91 Å². The molecule has 1 saturated carbocycles. The molecule has 3 rings (SSSR count). The Hall–Kier alpha value is -1.29. The van der Waals surface area contributed by atoms with Gasteiger partial charge in [-0.1, -0.05) is 0 Å². The average Bonchev–Trinajstić information content (AvgIpc) is 3.18. The maximum atomic E-state index is 9.13. The van der Waals surface area contributed by atoms with Crippen molar-refractivity contribution in [2.75, 3.05) is 44.4 Å². The summed E-state index contributed by atoms with van der Waals surface area (Å²) in [6.07, 6.45) is 2.40. The summed E-state index contributed by atoms with van der Waals surface area (Å²) in [5.41, 5.74) is 11.5. The van der Waals surface area contributed by atoms with Gasteiger partial charge in [0.15, 0.2) is 0 Å². The van der Waals surface area contributed by atoms with Crippen LogP contribution in [0.15, 0.2) is 0 Å². The first-order valence-corrected chi connectivity index (χ1v) is 7.53. The number of hydrogen-bond donors (Lipinski definition) is 2. The van der Waals surface area contributed by atoms with Crippen LogP contribution in [-0.2, 0) is 0 Å². The highest BCUT2D eigenvalue weighted by Gasteiger charge is 2.32. The van der Waals surface area contributed by atoms with E-state index in [1.165, 1.54) is 29.7 Å². The third kappa shape index (κ3) is 2.54. The third-order valence-corrected chi connectivity index (χ3v) is 4.86. The van der Waals surface area contributed by atoms with Gasteiger partial charge in [0.1, 0.15) is 15.9 Å². The molecule has 1 aromatic heterocycles. The lowest BCUT2D eigenvalue weighted by Crippen LogP contribution is -2.46. The van der Waals surface area contributed by atoms with Crippen molar-refractivity contribution in [3.05, 3.63) is 10.4 Å². The summed E-state index contributed by atoms with van der Waals surface area (Å²) < 4.78 is 0. The van der Waals surface area contributed by atoms with E-state index in [1.54, 1.807) is 0 Å². The number of likely N-dealkylation sites (N-methyl/N-ethyl adjacent to an activating group) is 1. The van der Waals surface area contributed by atoms with Crippen molar-refractivity contribution in [3.63, 3.8) is 0 Å². The molecule has 2 heterocycles. The molecule has 0 aromatic carbocycles. The van der Waals surface area contributed by atoms with Gasteiger partial charge in [-0.2, -0.15) is 5.26 Å². The number of anilines is 2. The van der Waals surface area contributed by atoms with E-state index in [9.17, 15) is 0 Å². The van der Waals surface area contributed by atoms with Gasteiger partial charge >= 0.3 is 0 Å². The Morgan fingerprint density at radius 1 is 1.32 bits per heavy atom. The van der Waals surface area contributed by atoms with Gasteiger partial charge < -0.3 is 16.1 Å². The highest BCUT2D eigenvalue weighted by atomic mass is 32.1. The van der Waals surface area contributed by atoms with E-state index in [1.807, 2.05) is 0 Å². The molecule has 0 unspecified atom stereocenters. The molecular formula is C13H19N5S. The molecule has 1 aromatic rings. The van der Waals surface area contributed by atoms with Crippen molar-refractivity contribution >= 4 is 22.0 Å². The number of nitriles is 1. The fraction of sp³-hybridized carbons (Fsp3) is 0.615. The number of rotatable bonds is 3. The molecule has 1 aliphatic heterocycles. The van der Waals surface area contributed by atoms with E-state index in [-0.39, 0.29) is 0 Å². The quantitative estimate of drug-likeness (QED) is 0.879. The number of nitrogens with two attached hydrogens (primary N) is 1. The van der Waals surface area contributed by atoms with Crippen LogP contribution in [0.5, 0.6) is 0 Å². The number of nitrogens with one attached hydrogen (secondary N) is 1. The van der Waals surface area contributed by atoms with Gasteiger partial charge in [0, 0.05) is 31.7 Å². The van der Waals surface area contributed by atoms with Crippen molar-refractivity contribution in [1.29, 1.82) is 5.26 Å². The third-order valence-electron chi connectivity index (χ3n) is 3.83. The second-order valence-electron chi connectivity index (χ2n) is 5.38. The SMILES string of the molecule is CN1CCN(Nc2sc(C#N)c(N)c2C2CC2)CC1. The molecule has 0 amide bonds. The summed E-state index contributed by atoms with van der Waals surface area (Å²) in [6, 6.07) is 2.21.